The summed E-state index contributed by atoms with van der Waals surface area (Å²) < 4.78 is 25.5. The summed E-state index contributed by atoms with van der Waals surface area (Å²) in [6, 6.07) is 4.98. The highest BCUT2D eigenvalue weighted by Gasteiger charge is 2.27. The van der Waals surface area contributed by atoms with Crippen LogP contribution >= 0.6 is 0 Å². The average molecular weight is 486 g/mol. The van der Waals surface area contributed by atoms with Gasteiger partial charge >= 0.3 is 0 Å². The van der Waals surface area contributed by atoms with Gasteiger partial charge in [0.05, 0.1) is 18.5 Å². The van der Waals surface area contributed by atoms with E-state index in [1.165, 1.54) is 6.20 Å². The fourth-order valence-corrected chi connectivity index (χ4v) is 5.09. The molecule has 192 valence electrons. The maximum Gasteiger partial charge on any atom is 0.149 e. The predicted molar refractivity (Wildman–Crippen MR) is 138 cm³/mol. The minimum Gasteiger partial charge on any atom is -0.383 e. The molecule has 1 saturated heterocycles. The summed E-state index contributed by atoms with van der Waals surface area (Å²) in [4.78, 5) is 8.68. The molecule has 2 aliphatic rings. The first kappa shape index (κ1) is 25.8. The summed E-state index contributed by atoms with van der Waals surface area (Å²) in [5.41, 5.74) is 2.35. The highest BCUT2D eigenvalue weighted by molar-refractivity contribution is 5.69. The highest BCUT2D eigenvalue weighted by atomic mass is 19.1. The van der Waals surface area contributed by atoms with Gasteiger partial charge in [0, 0.05) is 68.5 Å². The van der Waals surface area contributed by atoms with Gasteiger partial charge in [0.25, 0.3) is 0 Å². The van der Waals surface area contributed by atoms with Crippen LogP contribution in [-0.2, 0) is 9.47 Å². The van der Waals surface area contributed by atoms with Crippen LogP contribution in [0, 0.1) is 11.2 Å². The summed E-state index contributed by atoms with van der Waals surface area (Å²) in [5, 5.41) is 10.7. The summed E-state index contributed by atoms with van der Waals surface area (Å²) in [5.74, 6) is 0.365. The van der Waals surface area contributed by atoms with E-state index in [0.717, 1.165) is 76.1 Å². The topological polar surface area (TPSA) is 80.3 Å². The normalized spacial score (nSPS) is 23.0. The number of anilines is 2. The van der Waals surface area contributed by atoms with Crippen LogP contribution in [0.15, 0.2) is 30.7 Å². The van der Waals surface area contributed by atoms with E-state index in [1.54, 1.807) is 25.6 Å². The van der Waals surface area contributed by atoms with Crippen LogP contribution in [0.3, 0.4) is 0 Å². The molecule has 1 saturated carbocycles. The molecule has 0 aromatic carbocycles. The van der Waals surface area contributed by atoms with E-state index < -0.39 is 0 Å². The third kappa shape index (κ3) is 7.35. The minimum atomic E-state index is -0.342. The van der Waals surface area contributed by atoms with Gasteiger partial charge in [-0.1, -0.05) is 6.92 Å². The molecule has 3 heterocycles. The van der Waals surface area contributed by atoms with Crippen molar-refractivity contribution in [2.45, 2.75) is 70.5 Å². The number of halogens is 1. The van der Waals surface area contributed by atoms with Crippen LogP contribution in [0.5, 0.6) is 0 Å². The number of rotatable bonds is 10. The van der Waals surface area contributed by atoms with Gasteiger partial charge in [-0.2, -0.15) is 0 Å². The summed E-state index contributed by atoms with van der Waals surface area (Å²) in [6.45, 7) is 7.61. The molecular weight excluding hydrogens is 445 g/mol. The number of pyridine rings is 2. The fraction of sp³-hybridized carbons (Fsp3) is 0.630. The van der Waals surface area contributed by atoms with Gasteiger partial charge in [0.2, 0.25) is 0 Å². The molecule has 7 nitrogen and oxygen atoms in total. The molecule has 3 N–H and O–H groups in total. The van der Waals surface area contributed by atoms with Crippen molar-refractivity contribution in [3.8, 4) is 11.1 Å². The number of aromatic nitrogens is 2. The van der Waals surface area contributed by atoms with Crippen molar-refractivity contribution >= 4 is 11.5 Å². The molecular formula is C27H40FN5O2. The number of methoxy groups -OCH3 is 1. The van der Waals surface area contributed by atoms with Crippen molar-refractivity contribution in [1.29, 1.82) is 0 Å². The van der Waals surface area contributed by atoms with Gasteiger partial charge in [-0.15, -0.1) is 0 Å². The Morgan fingerprint density at radius 2 is 1.86 bits per heavy atom. The van der Waals surface area contributed by atoms with Gasteiger partial charge in [0.1, 0.15) is 11.6 Å². The van der Waals surface area contributed by atoms with Crippen molar-refractivity contribution in [2.24, 2.45) is 5.41 Å². The van der Waals surface area contributed by atoms with Crippen molar-refractivity contribution < 1.29 is 13.9 Å². The van der Waals surface area contributed by atoms with Crippen LogP contribution in [0.1, 0.15) is 52.4 Å². The molecule has 8 heteroatoms. The quantitative estimate of drug-likeness (QED) is 0.443. The molecule has 0 spiro atoms. The fourth-order valence-electron chi connectivity index (χ4n) is 5.09. The number of nitrogens with zero attached hydrogens (tertiary/aromatic N) is 2. The Morgan fingerprint density at radius 3 is 2.60 bits per heavy atom. The lowest BCUT2D eigenvalue weighted by Gasteiger charge is -2.33. The van der Waals surface area contributed by atoms with Gasteiger partial charge in [0.15, 0.2) is 0 Å². The Bertz CT molecular complexity index is 945. The van der Waals surface area contributed by atoms with Crippen LogP contribution in [0.25, 0.3) is 11.1 Å². The van der Waals surface area contributed by atoms with Crippen molar-refractivity contribution in [3.63, 3.8) is 0 Å². The molecule has 0 amide bonds. The van der Waals surface area contributed by atoms with Crippen molar-refractivity contribution in [2.75, 3.05) is 44.1 Å². The lowest BCUT2D eigenvalue weighted by molar-refractivity contribution is 0.0300. The van der Waals surface area contributed by atoms with Crippen molar-refractivity contribution in [3.05, 3.63) is 36.5 Å². The predicted octanol–water partition coefficient (Wildman–Crippen LogP) is 4.86. The highest BCUT2D eigenvalue weighted by Crippen LogP contribution is 2.31. The second-order valence-corrected chi connectivity index (χ2v) is 10.5. The second-order valence-electron chi connectivity index (χ2n) is 10.5. The zero-order valence-electron chi connectivity index (χ0n) is 21.3. The number of ether oxygens (including phenoxy) is 2. The average Bonchev–Trinajstić information content (AvgIpc) is 2.86. The second kappa shape index (κ2) is 12.1. The first-order valence-corrected chi connectivity index (χ1v) is 12.9. The van der Waals surface area contributed by atoms with Crippen LogP contribution in [0.2, 0.25) is 0 Å². The maximum absolute atomic E-state index is 14.8. The van der Waals surface area contributed by atoms with Crippen molar-refractivity contribution in [1.82, 2.24) is 15.3 Å². The Balaban J connectivity index is 1.36. The van der Waals surface area contributed by atoms with E-state index in [1.807, 2.05) is 6.07 Å². The van der Waals surface area contributed by atoms with E-state index >= 15 is 0 Å². The zero-order valence-corrected chi connectivity index (χ0v) is 21.3. The van der Waals surface area contributed by atoms with Gasteiger partial charge in [-0.25, -0.2) is 9.37 Å². The molecule has 35 heavy (non-hydrogen) atoms. The van der Waals surface area contributed by atoms with E-state index in [4.69, 9.17) is 9.47 Å². The molecule has 1 aliphatic heterocycles. The zero-order chi connectivity index (χ0) is 24.7. The number of hydrogen-bond acceptors (Lipinski definition) is 7. The molecule has 1 aliphatic carbocycles. The summed E-state index contributed by atoms with van der Waals surface area (Å²) in [6.07, 6.45) is 11.2. The molecule has 2 aromatic rings. The number of hydrogen-bond donors (Lipinski definition) is 3. The Kier molecular flexibility index (Phi) is 8.92. The maximum atomic E-state index is 14.8. The molecule has 0 bridgehead atoms. The van der Waals surface area contributed by atoms with E-state index in [0.29, 0.717) is 29.5 Å². The van der Waals surface area contributed by atoms with Crippen LogP contribution in [-0.4, -0.2) is 61.6 Å². The molecule has 0 unspecified atom stereocenters. The summed E-state index contributed by atoms with van der Waals surface area (Å²) >= 11 is 0. The van der Waals surface area contributed by atoms with Gasteiger partial charge in [-0.05, 0) is 63.0 Å². The largest absolute Gasteiger partial charge is 0.383 e. The van der Waals surface area contributed by atoms with Crippen LogP contribution < -0.4 is 16.0 Å². The van der Waals surface area contributed by atoms with E-state index in [9.17, 15) is 4.39 Å². The molecule has 2 aromatic heterocycles. The first-order chi connectivity index (χ1) is 16.9. The van der Waals surface area contributed by atoms with E-state index in [2.05, 4.69) is 39.8 Å². The standard InChI is InChI=1S/C27H40FN5O2/c1-19(17-34-3)32-21-4-6-22(7-5-21)33-26-13-24(25(28)16-30-26)20-12-23(15-29-14-20)31-18-27(2)8-10-35-11-9-27/h12-16,19,21-22,31-32H,4-11,17-18H2,1-3H3,(H,30,33)/t19-,21?,22?/m1/s1. The first-order valence-electron chi connectivity index (χ1n) is 12.9. The van der Waals surface area contributed by atoms with Gasteiger partial charge in [-0.3, -0.25) is 4.98 Å². The number of nitrogens with one attached hydrogen (secondary N) is 3. The van der Waals surface area contributed by atoms with Crippen LogP contribution in [0.4, 0.5) is 15.9 Å². The van der Waals surface area contributed by atoms with E-state index in [-0.39, 0.29) is 11.2 Å². The Hall–Kier alpha value is -2.29. The molecule has 2 fully saturated rings. The third-order valence-corrected chi connectivity index (χ3v) is 7.34. The molecule has 1 atom stereocenters. The summed E-state index contributed by atoms with van der Waals surface area (Å²) in [7, 11) is 1.74. The molecule has 4 rings (SSSR count). The van der Waals surface area contributed by atoms with Gasteiger partial charge < -0.3 is 25.4 Å². The lowest BCUT2D eigenvalue weighted by atomic mass is 9.82. The Labute approximate surface area is 208 Å². The lowest BCUT2D eigenvalue weighted by Crippen LogP contribution is -2.42. The molecule has 0 radical (unpaired) electrons. The smallest absolute Gasteiger partial charge is 0.149 e. The Morgan fingerprint density at radius 1 is 1.11 bits per heavy atom. The minimum absolute atomic E-state index is 0.198. The monoisotopic (exact) mass is 485 g/mol. The SMILES string of the molecule is COC[C@@H](C)NC1CCC(Nc2cc(-c3cncc(NCC4(C)CCOCC4)c3)c(F)cn2)CC1. The third-order valence-electron chi connectivity index (χ3n) is 7.34.